The summed E-state index contributed by atoms with van der Waals surface area (Å²) >= 11 is 3.33. The molecule has 0 aliphatic carbocycles. The van der Waals surface area contributed by atoms with Crippen LogP contribution >= 0.6 is 15.9 Å². The zero-order chi connectivity index (χ0) is 12.7. The van der Waals surface area contributed by atoms with Crippen LogP contribution in [0.4, 0.5) is 0 Å². The smallest absolute Gasteiger partial charge is 0.310 e. The first-order chi connectivity index (χ1) is 7.97. The number of aromatic amines is 1. The Labute approximate surface area is 105 Å². The van der Waals surface area contributed by atoms with Crippen LogP contribution in [0, 0.1) is 0 Å². The van der Waals surface area contributed by atoms with E-state index in [1.54, 1.807) is 11.6 Å². The van der Waals surface area contributed by atoms with E-state index in [1.165, 1.54) is 4.57 Å². The fraction of sp³-hybridized carbons (Fsp3) is 0.500. The average molecular weight is 301 g/mol. The summed E-state index contributed by atoms with van der Waals surface area (Å²) in [7, 11) is 1.58. The molecule has 1 atom stereocenters. The number of nitrogens with zero attached hydrogens (tertiary/aromatic N) is 3. The van der Waals surface area contributed by atoms with E-state index in [-0.39, 0.29) is 6.04 Å². The van der Waals surface area contributed by atoms with Gasteiger partial charge in [-0.1, -0.05) is 6.92 Å². The van der Waals surface area contributed by atoms with Crippen LogP contribution in [-0.4, -0.2) is 19.1 Å². The molecular formula is C10H13BrN4O2. The summed E-state index contributed by atoms with van der Waals surface area (Å²) in [6, 6.07) is 0.132. The van der Waals surface area contributed by atoms with Crippen molar-refractivity contribution in [3.8, 4) is 0 Å². The van der Waals surface area contributed by atoms with Gasteiger partial charge >= 0.3 is 5.69 Å². The Morgan fingerprint density at radius 3 is 2.71 bits per heavy atom. The third-order valence-electron chi connectivity index (χ3n) is 2.94. The van der Waals surface area contributed by atoms with E-state index in [4.69, 9.17) is 0 Å². The van der Waals surface area contributed by atoms with Gasteiger partial charge in [0.15, 0.2) is 15.9 Å². The number of halogens is 1. The van der Waals surface area contributed by atoms with Gasteiger partial charge in [-0.3, -0.25) is 14.3 Å². The van der Waals surface area contributed by atoms with Crippen molar-refractivity contribution in [2.24, 2.45) is 7.05 Å². The molecule has 0 fully saturated rings. The fourth-order valence-corrected chi connectivity index (χ4v) is 2.45. The van der Waals surface area contributed by atoms with Gasteiger partial charge in [-0.05, 0) is 29.3 Å². The third-order valence-corrected chi connectivity index (χ3v) is 3.50. The maximum absolute atomic E-state index is 11.9. The van der Waals surface area contributed by atoms with Crippen LogP contribution in [0.15, 0.2) is 14.3 Å². The highest BCUT2D eigenvalue weighted by molar-refractivity contribution is 9.10. The van der Waals surface area contributed by atoms with Crippen molar-refractivity contribution in [3.05, 3.63) is 25.6 Å². The predicted molar refractivity (Wildman–Crippen MR) is 68.3 cm³/mol. The van der Waals surface area contributed by atoms with Crippen molar-refractivity contribution >= 4 is 27.1 Å². The number of aryl methyl sites for hydroxylation is 1. The summed E-state index contributed by atoms with van der Waals surface area (Å²) in [5, 5.41) is 0. The molecule has 0 amide bonds. The minimum Gasteiger partial charge on any atom is -0.310 e. The van der Waals surface area contributed by atoms with Crippen molar-refractivity contribution in [3.63, 3.8) is 0 Å². The van der Waals surface area contributed by atoms with Gasteiger partial charge in [0.05, 0.1) is 0 Å². The number of hydrogen-bond donors (Lipinski definition) is 1. The van der Waals surface area contributed by atoms with Crippen LogP contribution in [0.5, 0.6) is 0 Å². The fourth-order valence-electron chi connectivity index (χ4n) is 1.76. The monoisotopic (exact) mass is 300 g/mol. The van der Waals surface area contributed by atoms with E-state index in [0.717, 1.165) is 6.42 Å². The standard InChI is InChI=1S/C10H13BrN4O2/c1-4-5(2)15-6-7(12-9(15)11)14(3)10(17)13-8(6)16/h5H,4H2,1-3H3,(H,13,16,17)/t5-/m1/s1. The number of imidazole rings is 1. The molecule has 2 aromatic heterocycles. The van der Waals surface area contributed by atoms with E-state index in [2.05, 4.69) is 25.9 Å². The number of H-pyrrole nitrogens is 1. The quantitative estimate of drug-likeness (QED) is 0.846. The Morgan fingerprint density at radius 2 is 2.12 bits per heavy atom. The summed E-state index contributed by atoms with van der Waals surface area (Å²) in [4.78, 5) is 29.8. The highest BCUT2D eigenvalue weighted by Crippen LogP contribution is 2.22. The zero-order valence-electron chi connectivity index (χ0n) is 9.82. The Morgan fingerprint density at radius 1 is 1.47 bits per heavy atom. The van der Waals surface area contributed by atoms with Crippen molar-refractivity contribution in [2.45, 2.75) is 26.3 Å². The summed E-state index contributed by atoms with van der Waals surface area (Å²) in [6.07, 6.45) is 0.867. The molecule has 2 rings (SSSR count). The number of fused-ring (bicyclic) bond motifs is 1. The van der Waals surface area contributed by atoms with Gasteiger partial charge in [-0.2, -0.15) is 0 Å². The van der Waals surface area contributed by atoms with Crippen LogP contribution in [0.3, 0.4) is 0 Å². The third kappa shape index (κ3) is 1.74. The van der Waals surface area contributed by atoms with E-state index >= 15 is 0 Å². The van der Waals surface area contributed by atoms with Gasteiger partial charge in [0.25, 0.3) is 5.56 Å². The van der Waals surface area contributed by atoms with Crippen molar-refractivity contribution in [1.82, 2.24) is 19.1 Å². The lowest BCUT2D eigenvalue weighted by Gasteiger charge is -2.12. The summed E-state index contributed by atoms with van der Waals surface area (Å²) < 4.78 is 3.70. The Bertz CT molecular complexity index is 682. The predicted octanol–water partition coefficient (Wildman–Crippen LogP) is 1.16. The van der Waals surface area contributed by atoms with E-state index in [0.29, 0.717) is 15.9 Å². The van der Waals surface area contributed by atoms with Crippen molar-refractivity contribution in [2.75, 3.05) is 0 Å². The molecule has 0 radical (unpaired) electrons. The van der Waals surface area contributed by atoms with Gasteiger partial charge in [-0.15, -0.1) is 0 Å². The summed E-state index contributed by atoms with van der Waals surface area (Å²) in [5.74, 6) is 0. The second-order valence-corrected chi connectivity index (χ2v) is 4.71. The molecule has 0 saturated heterocycles. The molecule has 6 nitrogen and oxygen atoms in total. The van der Waals surface area contributed by atoms with Gasteiger partial charge in [0, 0.05) is 13.1 Å². The molecule has 0 aromatic carbocycles. The van der Waals surface area contributed by atoms with Crippen LogP contribution in [0.2, 0.25) is 0 Å². The molecule has 1 N–H and O–H groups in total. The Kier molecular flexibility index (Phi) is 2.94. The normalized spacial score (nSPS) is 13.2. The lowest BCUT2D eigenvalue weighted by molar-refractivity contribution is 0.533. The molecule has 17 heavy (non-hydrogen) atoms. The number of hydrogen-bond acceptors (Lipinski definition) is 3. The molecule has 0 spiro atoms. The SMILES string of the molecule is CC[C@@H](C)n1c(Br)nc2c1c(=O)[nH]c(=O)n2C. The zero-order valence-corrected chi connectivity index (χ0v) is 11.4. The van der Waals surface area contributed by atoms with E-state index in [1.807, 2.05) is 13.8 Å². The summed E-state index contributed by atoms with van der Waals surface area (Å²) in [6.45, 7) is 4.02. The molecular weight excluding hydrogens is 288 g/mol. The topological polar surface area (TPSA) is 72.7 Å². The molecule has 0 aliphatic heterocycles. The lowest BCUT2D eigenvalue weighted by atomic mass is 10.2. The number of rotatable bonds is 2. The highest BCUT2D eigenvalue weighted by atomic mass is 79.9. The maximum atomic E-state index is 11.9. The van der Waals surface area contributed by atoms with Crippen LogP contribution in [-0.2, 0) is 7.05 Å². The molecule has 0 unspecified atom stereocenters. The van der Waals surface area contributed by atoms with Crippen molar-refractivity contribution in [1.29, 1.82) is 0 Å². The van der Waals surface area contributed by atoms with Gasteiger partial charge in [-0.25, -0.2) is 9.78 Å². The van der Waals surface area contributed by atoms with Crippen molar-refractivity contribution < 1.29 is 0 Å². The molecule has 2 aromatic rings. The second kappa shape index (κ2) is 4.14. The minimum absolute atomic E-state index is 0.132. The van der Waals surface area contributed by atoms with Crippen LogP contribution in [0.25, 0.3) is 11.2 Å². The first-order valence-corrected chi connectivity index (χ1v) is 6.13. The molecule has 7 heteroatoms. The number of nitrogens with one attached hydrogen (secondary N) is 1. The average Bonchev–Trinajstić information content (AvgIpc) is 2.63. The molecule has 92 valence electrons. The number of aromatic nitrogens is 4. The molecule has 0 saturated carbocycles. The molecule has 0 bridgehead atoms. The lowest BCUT2D eigenvalue weighted by Crippen LogP contribution is -2.29. The largest absolute Gasteiger partial charge is 0.329 e. The van der Waals surface area contributed by atoms with Gasteiger partial charge in [0.1, 0.15) is 0 Å². The van der Waals surface area contributed by atoms with Gasteiger partial charge in [0.2, 0.25) is 0 Å². The van der Waals surface area contributed by atoms with E-state index < -0.39 is 11.2 Å². The Hall–Kier alpha value is -1.37. The Balaban J connectivity index is 2.97. The minimum atomic E-state index is -0.455. The first-order valence-electron chi connectivity index (χ1n) is 5.34. The van der Waals surface area contributed by atoms with Crippen LogP contribution in [0.1, 0.15) is 26.3 Å². The van der Waals surface area contributed by atoms with Crippen LogP contribution < -0.4 is 11.2 Å². The van der Waals surface area contributed by atoms with E-state index in [9.17, 15) is 9.59 Å². The maximum Gasteiger partial charge on any atom is 0.329 e. The second-order valence-electron chi connectivity index (χ2n) is 4.00. The van der Waals surface area contributed by atoms with Gasteiger partial charge < -0.3 is 4.57 Å². The molecule has 0 aliphatic rings. The highest BCUT2D eigenvalue weighted by Gasteiger charge is 2.18. The summed E-state index contributed by atoms with van der Waals surface area (Å²) in [5.41, 5.74) is -0.0374. The molecule has 2 heterocycles. The first kappa shape index (κ1) is 12.1.